The third kappa shape index (κ3) is 14.1. The molecule has 17 heteroatoms. The van der Waals surface area contributed by atoms with Gasteiger partial charge in [0.1, 0.15) is 18.1 Å². The Morgan fingerprint density at radius 3 is 2.06 bits per heavy atom. The largest absolute Gasteiger partial charge is 0.506 e. The number of carbonyl (C=O) groups is 1. The van der Waals surface area contributed by atoms with Crippen molar-refractivity contribution in [2.75, 3.05) is 10.5 Å². The summed E-state index contributed by atoms with van der Waals surface area (Å²) in [6.07, 6.45) is 16.0. The second-order valence-electron chi connectivity index (χ2n) is 16.0. The van der Waals surface area contributed by atoms with Crippen LogP contribution in [-0.4, -0.2) is 50.3 Å². The second-order valence-corrected chi connectivity index (χ2v) is 18.8. The van der Waals surface area contributed by atoms with Crippen LogP contribution in [0.3, 0.4) is 0 Å². The number of benzene rings is 5. The van der Waals surface area contributed by atoms with Gasteiger partial charge in [0.15, 0.2) is 11.5 Å². The zero-order valence-electron chi connectivity index (χ0n) is 36.7. The van der Waals surface area contributed by atoms with Crippen molar-refractivity contribution in [3.63, 3.8) is 0 Å². The zero-order chi connectivity index (χ0) is 46.0. The zero-order valence-corrected chi connectivity index (χ0v) is 38.3. The highest BCUT2D eigenvalue weighted by molar-refractivity contribution is 7.98. The lowest BCUT2D eigenvalue weighted by molar-refractivity contribution is -0.386. The summed E-state index contributed by atoms with van der Waals surface area (Å²) in [5.74, 6) is -0.650. The fourth-order valence-corrected chi connectivity index (χ4v) is 9.50. The van der Waals surface area contributed by atoms with E-state index in [2.05, 4.69) is 27.2 Å². The molecule has 0 saturated carbocycles. The fraction of sp³-hybridized carbons (Fsp3) is 0.375. The highest BCUT2D eigenvalue weighted by Crippen LogP contribution is 2.40. The van der Waals surface area contributed by atoms with Gasteiger partial charge in [0.25, 0.3) is 5.91 Å². The number of rotatable bonds is 28. The molecule has 1 amide bonds. The summed E-state index contributed by atoms with van der Waals surface area (Å²) >= 11 is 1.32. The van der Waals surface area contributed by atoms with E-state index in [1.807, 2.05) is 30.3 Å². The normalized spacial score (nSPS) is 11.5. The van der Waals surface area contributed by atoms with E-state index >= 15 is 0 Å². The summed E-state index contributed by atoms with van der Waals surface area (Å²) in [5, 5.41) is 36.3. The molecule has 6 aromatic rings. The Labute approximate surface area is 384 Å². The number of nitrogens with two attached hydrogens (primary N) is 1. The van der Waals surface area contributed by atoms with Gasteiger partial charge in [0, 0.05) is 22.6 Å². The summed E-state index contributed by atoms with van der Waals surface area (Å²) in [7, 11) is -3.87. The standard InChI is InChI=1S/C48H57N7O8S2/c1-2-3-4-5-6-7-8-9-10-11-12-13-14-20-29-65(60,61)51-41-30-35(25-27-43(41)63-45-32-40(47(49)57)46(56)39-24-19-18-23-38(39)45)33-62-44-28-26-36(31-42(44)55(58)59)34-64-48-50-52-53-54(48)37-21-16-15-17-22-37/h15-19,21-28,30-32,51,56H,2-14,20,29,33-34H2,1H3,(H2,49,57). The molecular formula is C48H57N7O8S2. The number of tetrazole rings is 1. The number of aromatic nitrogens is 4. The van der Waals surface area contributed by atoms with Crippen LogP contribution in [0, 0.1) is 10.1 Å². The monoisotopic (exact) mass is 923 g/mol. The van der Waals surface area contributed by atoms with Gasteiger partial charge in [-0.15, -0.1) is 5.10 Å². The number of nitrogens with zero attached hydrogens (tertiary/aromatic N) is 5. The SMILES string of the molecule is CCCCCCCCCCCCCCCCS(=O)(=O)Nc1cc(COc2ccc(CSc3nnnn3-c3ccccc3)cc2[N+](=O)[O-])ccc1Oc1cc(C(N)=O)c(O)c2ccccc12. The van der Waals surface area contributed by atoms with Gasteiger partial charge in [-0.1, -0.05) is 157 Å². The lowest BCUT2D eigenvalue weighted by atomic mass is 10.0. The predicted molar refractivity (Wildman–Crippen MR) is 255 cm³/mol. The molecule has 6 rings (SSSR count). The van der Waals surface area contributed by atoms with Crippen molar-refractivity contribution in [1.29, 1.82) is 0 Å². The number of nitro benzene ring substituents is 1. The third-order valence-electron chi connectivity index (χ3n) is 11.0. The van der Waals surface area contributed by atoms with Gasteiger partial charge in [-0.2, -0.15) is 4.68 Å². The minimum atomic E-state index is -3.87. The predicted octanol–water partition coefficient (Wildman–Crippen LogP) is 11.4. The van der Waals surface area contributed by atoms with E-state index in [0.717, 1.165) is 31.4 Å². The van der Waals surface area contributed by atoms with Crippen LogP contribution < -0.4 is 19.9 Å². The minimum Gasteiger partial charge on any atom is -0.506 e. The molecule has 0 saturated heterocycles. The number of para-hydroxylation sites is 1. The van der Waals surface area contributed by atoms with Crippen LogP contribution in [0.25, 0.3) is 16.5 Å². The summed E-state index contributed by atoms with van der Waals surface area (Å²) in [5.41, 5.74) is 7.19. The van der Waals surface area contributed by atoms with Gasteiger partial charge < -0.3 is 20.3 Å². The van der Waals surface area contributed by atoms with Crippen molar-refractivity contribution >= 4 is 49.8 Å². The van der Waals surface area contributed by atoms with E-state index in [9.17, 15) is 28.4 Å². The Hall–Kier alpha value is -6.20. The lowest BCUT2D eigenvalue weighted by Gasteiger charge is -2.17. The molecule has 0 unspecified atom stereocenters. The highest BCUT2D eigenvalue weighted by Gasteiger charge is 2.21. The van der Waals surface area contributed by atoms with Crippen molar-refractivity contribution in [3.8, 4) is 28.7 Å². The second kappa shape index (κ2) is 24.2. The molecule has 0 aliphatic rings. The first-order valence-corrected chi connectivity index (χ1v) is 24.9. The third-order valence-corrected chi connectivity index (χ3v) is 13.3. The number of hydrogen-bond acceptors (Lipinski definition) is 12. The first kappa shape index (κ1) is 48.3. The number of unbranched alkanes of at least 4 members (excludes halogenated alkanes) is 13. The number of aromatic hydroxyl groups is 1. The number of anilines is 1. The molecule has 0 aliphatic carbocycles. The molecule has 0 spiro atoms. The summed E-state index contributed by atoms with van der Waals surface area (Å²) in [6.45, 7) is 2.08. The highest BCUT2D eigenvalue weighted by atomic mass is 32.2. The van der Waals surface area contributed by atoms with Crippen molar-refractivity contribution in [3.05, 3.63) is 124 Å². The molecule has 0 radical (unpaired) electrons. The number of primary amides is 1. The van der Waals surface area contributed by atoms with Crippen LogP contribution in [0.4, 0.5) is 11.4 Å². The Kier molecular flexibility index (Phi) is 18.0. The molecule has 344 valence electrons. The van der Waals surface area contributed by atoms with Gasteiger partial charge in [0.05, 0.1) is 27.6 Å². The number of fused-ring (bicyclic) bond motifs is 1. The summed E-state index contributed by atoms with van der Waals surface area (Å²) in [6, 6.07) is 26.9. The lowest BCUT2D eigenvalue weighted by Crippen LogP contribution is -2.17. The van der Waals surface area contributed by atoms with Crippen LogP contribution in [0.2, 0.25) is 0 Å². The number of nitro groups is 1. The van der Waals surface area contributed by atoms with Crippen LogP contribution >= 0.6 is 11.8 Å². The molecule has 5 aromatic carbocycles. The number of hydrogen-bond donors (Lipinski definition) is 3. The molecule has 1 aromatic heterocycles. The quantitative estimate of drug-likeness (QED) is 0.0181. The van der Waals surface area contributed by atoms with Gasteiger partial charge in [0.2, 0.25) is 15.2 Å². The average Bonchev–Trinajstić information content (AvgIpc) is 3.78. The number of thioether (sulfide) groups is 1. The maximum Gasteiger partial charge on any atom is 0.311 e. The smallest absolute Gasteiger partial charge is 0.311 e. The number of phenols is 1. The van der Waals surface area contributed by atoms with Crippen molar-refractivity contribution in [2.24, 2.45) is 5.73 Å². The molecule has 1 heterocycles. The van der Waals surface area contributed by atoms with Crippen molar-refractivity contribution in [1.82, 2.24) is 20.2 Å². The molecule has 0 atom stereocenters. The molecule has 15 nitrogen and oxygen atoms in total. The van der Waals surface area contributed by atoms with E-state index in [4.69, 9.17) is 15.2 Å². The van der Waals surface area contributed by atoms with Crippen LogP contribution in [0.15, 0.2) is 102 Å². The first-order chi connectivity index (χ1) is 31.5. The van der Waals surface area contributed by atoms with E-state index in [-0.39, 0.29) is 52.3 Å². The number of ether oxygens (including phenoxy) is 2. The Morgan fingerprint density at radius 2 is 1.40 bits per heavy atom. The number of carbonyl (C=O) groups excluding carboxylic acids is 1. The minimum absolute atomic E-state index is 0.0210. The number of sulfonamides is 1. The van der Waals surface area contributed by atoms with Crippen LogP contribution in [0.5, 0.6) is 23.0 Å². The summed E-state index contributed by atoms with van der Waals surface area (Å²) < 4.78 is 43.8. The molecule has 65 heavy (non-hydrogen) atoms. The molecular weight excluding hydrogens is 867 g/mol. The Morgan fingerprint density at radius 1 is 0.785 bits per heavy atom. The molecule has 0 fully saturated rings. The van der Waals surface area contributed by atoms with Gasteiger partial charge in [-0.25, -0.2) is 8.42 Å². The molecule has 0 aliphatic heterocycles. The summed E-state index contributed by atoms with van der Waals surface area (Å²) in [4.78, 5) is 24.0. The maximum absolute atomic E-state index is 13.6. The Balaban J connectivity index is 1.12. The van der Waals surface area contributed by atoms with Crippen molar-refractivity contribution < 1.29 is 32.7 Å². The molecule has 0 bridgehead atoms. The first-order valence-electron chi connectivity index (χ1n) is 22.3. The van der Waals surface area contributed by atoms with Crippen LogP contribution in [-0.2, 0) is 22.4 Å². The van der Waals surface area contributed by atoms with Gasteiger partial charge in [-0.3, -0.25) is 19.6 Å². The number of amides is 1. The molecule has 4 N–H and O–H groups in total. The van der Waals surface area contributed by atoms with Crippen molar-refractivity contribution in [2.45, 2.75) is 114 Å². The van der Waals surface area contributed by atoms with E-state index in [1.165, 1.54) is 87.7 Å². The maximum atomic E-state index is 13.6. The fourth-order valence-electron chi connectivity index (χ4n) is 7.48. The van der Waals surface area contributed by atoms with Gasteiger partial charge >= 0.3 is 5.69 Å². The van der Waals surface area contributed by atoms with Gasteiger partial charge in [-0.05, 0) is 64.4 Å². The Bertz CT molecular complexity index is 2630. The van der Waals surface area contributed by atoms with Crippen LogP contribution in [0.1, 0.15) is 118 Å². The van der Waals surface area contributed by atoms with E-state index < -0.39 is 20.9 Å². The topological polar surface area (TPSA) is 215 Å². The van der Waals surface area contributed by atoms with E-state index in [0.29, 0.717) is 39.2 Å². The number of nitrogens with one attached hydrogen (secondary N) is 1. The van der Waals surface area contributed by atoms with E-state index in [1.54, 1.807) is 53.2 Å². The average molecular weight is 924 g/mol.